The number of ketones is 1. The minimum Gasteiger partial charge on any atom is -0.478 e. The summed E-state index contributed by atoms with van der Waals surface area (Å²) in [5, 5.41) is 13.1. The summed E-state index contributed by atoms with van der Waals surface area (Å²) in [4.78, 5) is 32.5. The van der Waals surface area contributed by atoms with Crippen molar-refractivity contribution in [1.29, 1.82) is 0 Å². The SMILES string of the molecule is CC(=O)C(OC1CCCNC1)(C(=O)O)N1CCN(c2ccncc2)CC1. The second kappa shape index (κ2) is 8.11. The van der Waals surface area contributed by atoms with Crippen molar-refractivity contribution in [2.45, 2.75) is 31.6 Å². The smallest absolute Gasteiger partial charge is 0.359 e. The van der Waals surface area contributed by atoms with Gasteiger partial charge >= 0.3 is 5.97 Å². The molecule has 2 aliphatic rings. The lowest BCUT2D eigenvalue weighted by molar-refractivity contribution is -0.212. The van der Waals surface area contributed by atoms with E-state index in [1.807, 2.05) is 12.1 Å². The van der Waals surface area contributed by atoms with E-state index < -0.39 is 17.5 Å². The summed E-state index contributed by atoms with van der Waals surface area (Å²) in [7, 11) is 0. The summed E-state index contributed by atoms with van der Waals surface area (Å²) in [6, 6.07) is 3.85. The van der Waals surface area contributed by atoms with Crippen LogP contribution < -0.4 is 10.2 Å². The number of rotatable bonds is 6. The lowest BCUT2D eigenvalue weighted by Gasteiger charge is -2.45. The van der Waals surface area contributed by atoms with Crippen LogP contribution in [0.3, 0.4) is 0 Å². The molecule has 2 atom stereocenters. The topological polar surface area (TPSA) is 95.0 Å². The number of carbonyl (C=O) groups excluding carboxylic acids is 1. The Kier molecular flexibility index (Phi) is 5.85. The first kappa shape index (κ1) is 18.8. The first-order valence-electron chi connectivity index (χ1n) is 9.07. The number of hydrogen-bond donors (Lipinski definition) is 2. The first-order valence-corrected chi connectivity index (χ1v) is 9.07. The van der Waals surface area contributed by atoms with Gasteiger partial charge in [-0.05, 0) is 38.4 Å². The third-order valence-corrected chi connectivity index (χ3v) is 5.11. The Bertz CT molecular complexity index is 611. The van der Waals surface area contributed by atoms with E-state index in [1.165, 1.54) is 6.92 Å². The molecule has 0 aromatic carbocycles. The maximum atomic E-state index is 12.4. The predicted molar refractivity (Wildman–Crippen MR) is 96.0 cm³/mol. The highest BCUT2D eigenvalue weighted by Crippen LogP contribution is 2.27. The van der Waals surface area contributed by atoms with E-state index in [4.69, 9.17) is 4.74 Å². The zero-order chi connectivity index (χ0) is 18.6. The van der Waals surface area contributed by atoms with Gasteiger partial charge in [-0.1, -0.05) is 0 Å². The van der Waals surface area contributed by atoms with E-state index in [1.54, 1.807) is 17.3 Å². The molecule has 0 bridgehead atoms. The molecule has 0 spiro atoms. The molecule has 1 aromatic rings. The average molecular weight is 362 g/mol. The second-order valence-corrected chi connectivity index (χ2v) is 6.77. The van der Waals surface area contributed by atoms with Crippen LogP contribution in [-0.2, 0) is 14.3 Å². The first-order chi connectivity index (χ1) is 12.5. The van der Waals surface area contributed by atoms with Crippen molar-refractivity contribution < 1.29 is 19.4 Å². The van der Waals surface area contributed by atoms with Crippen LogP contribution in [0.1, 0.15) is 19.8 Å². The quantitative estimate of drug-likeness (QED) is 0.700. The zero-order valence-corrected chi connectivity index (χ0v) is 15.1. The van der Waals surface area contributed by atoms with Crippen LogP contribution in [0.4, 0.5) is 5.69 Å². The largest absolute Gasteiger partial charge is 0.478 e. The molecule has 2 unspecified atom stereocenters. The van der Waals surface area contributed by atoms with Gasteiger partial charge in [-0.2, -0.15) is 0 Å². The molecule has 2 fully saturated rings. The van der Waals surface area contributed by atoms with Gasteiger partial charge in [0.2, 0.25) is 0 Å². The normalized spacial score (nSPS) is 24.0. The third kappa shape index (κ3) is 3.72. The van der Waals surface area contributed by atoms with E-state index >= 15 is 0 Å². The summed E-state index contributed by atoms with van der Waals surface area (Å²) < 4.78 is 5.97. The molecule has 2 saturated heterocycles. The maximum Gasteiger partial charge on any atom is 0.359 e. The molecule has 0 amide bonds. The second-order valence-electron chi connectivity index (χ2n) is 6.77. The van der Waals surface area contributed by atoms with E-state index in [0.29, 0.717) is 32.7 Å². The average Bonchev–Trinajstić information content (AvgIpc) is 2.67. The minimum atomic E-state index is -1.91. The molecule has 8 nitrogen and oxygen atoms in total. The Morgan fingerprint density at radius 1 is 1.27 bits per heavy atom. The Morgan fingerprint density at radius 3 is 2.50 bits per heavy atom. The van der Waals surface area contributed by atoms with Gasteiger partial charge in [0.1, 0.15) is 0 Å². The van der Waals surface area contributed by atoms with Gasteiger partial charge in [0.25, 0.3) is 5.72 Å². The number of nitrogens with one attached hydrogen (secondary N) is 1. The molecule has 8 heteroatoms. The van der Waals surface area contributed by atoms with Gasteiger partial charge in [0, 0.05) is 50.8 Å². The number of aromatic nitrogens is 1. The molecule has 142 valence electrons. The summed E-state index contributed by atoms with van der Waals surface area (Å²) in [5.74, 6) is -1.71. The fraction of sp³-hybridized carbons (Fsp3) is 0.611. The Hall–Kier alpha value is -2.03. The van der Waals surface area contributed by atoms with Crippen molar-refractivity contribution in [2.75, 3.05) is 44.2 Å². The molecule has 3 rings (SSSR count). The third-order valence-electron chi connectivity index (χ3n) is 5.11. The highest BCUT2D eigenvalue weighted by Gasteiger charge is 2.52. The molecule has 1 aromatic heterocycles. The van der Waals surface area contributed by atoms with Crippen molar-refractivity contribution in [3.05, 3.63) is 24.5 Å². The van der Waals surface area contributed by atoms with Gasteiger partial charge in [-0.15, -0.1) is 0 Å². The number of ether oxygens (including phenoxy) is 1. The Balaban J connectivity index is 1.75. The highest BCUT2D eigenvalue weighted by molar-refractivity contribution is 6.05. The van der Waals surface area contributed by atoms with Gasteiger partial charge in [-0.3, -0.25) is 14.7 Å². The minimum absolute atomic E-state index is 0.276. The van der Waals surface area contributed by atoms with Crippen molar-refractivity contribution in [2.24, 2.45) is 0 Å². The number of anilines is 1. The molecule has 2 N–H and O–H groups in total. The van der Waals surface area contributed by atoms with Crippen molar-refractivity contribution in [3.8, 4) is 0 Å². The lowest BCUT2D eigenvalue weighted by atomic mass is 10.0. The van der Waals surface area contributed by atoms with Gasteiger partial charge < -0.3 is 20.1 Å². The summed E-state index contributed by atoms with van der Waals surface area (Å²) in [5.41, 5.74) is -0.866. The molecule has 3 heterocycles. The number of carbonyl (C=O) groups is 2. The number of piperazine rings is 1. The fourth-order valence-electron chi connectivity index (χ4n) is 3.71. The van der Waals surface area contributed by atoms with E-state index in [9.17, 15) is 14.7 Å². The van der Waals surface area contributed by atoms with Gasteiger partial charge in [0.05, 0.1) is 6.10 Å². The van der Waals surface area contributed by atoms with Gasteiger partial charge in [0.15, 0.2) is 5.78 Å². The van der Waals surface area contributed by atoms with Gasteiger partial charge in [-0.25, -0.2) is 4.79 Å². The standard InChI is InChI=1S/C18H26N4O4/c1-14(23)18(17(24)25,26-16-3-2-6-20-13-16)22-11-9-21(10-12-22)15-4-7-19-8-5-15/h4-5,7-8,16,20H,2-3,6,9-13H2,1H3,(H,24,25). The maximum absolute atomic E-state index is 12.4. The van der Waals surface area contributed by atoms with Crippen molar-refractivity contribution >= 4 is 17.4 Å². The number of carboxylic acid groups (broad SMARTS) is 1. The van der Waals surface area contributed by atoms with Crippen LogP contribution in [0.15, 0.2) is 24.5 Å². The fourth-order valence-corrected chi connectivity index (χ4v) is 3.71. The number of pyridine rings is 1. The number of aliphatic carboxylic acids is 1. The predicted octanol–water partition coefficient (Wildman–Crippen LogP) is 0.342. The summed E-state index contributed by atoms with van der Waals surface area (Å²) in [6.45, 7) is 4.89. The van der Waals surface area contributed by atoms with Crippen LogP contribution in [0.5, 0.6) is 0 Å². The van der Waals surface area contributed by atoms with Crippen LogP contribution >= 0.6 is 0 Å². The zero-order valence-electron chi connectivity index (χ0n) is 15.1. The lowest BCUT2D eigenvalue weighted by Crippen LogP contribution is -2.67. The number of hydrogen-bond acceptors (Lipinski definition) is 7. The van der Waals surface area contributed by atoms with Crippen LogP contribution in [-0.4, -0.2) is 77.8 Å². The monoisotopic (exact) mass is 362 g/mol. The van der Waals surface area contributed by atoms with Crippen LogP contribution in [0, 0.1) is 0 Å². The molecule has 2 aliphatic heterocycles. The highest BCUT2D eigenvalue weighted by atomic mass is 16.6. The number of piperidine rings is 1. The van der Waals surface area contributed by atoms with E-state index in [0.717, 1.165) is 25.1 Å². The number of Topliss-reactive ketones (excluding diaryl/α,β-unsaturated/α-hetero) is 1. The van der Waals surface area contributed by atoms with E-state index in [2.05, 4.69) is 15.2 Å². The Labute approximate surface area is 153 Å². The Morgan fingerprint density at radius 2 is 1.96 bits per heavy atom. The van der Waals surface area contributed by atoms with Crippen LogP contribution in [0.25, 0.3) is 0 Å². The number of carboxylic acids is 1. The molecule has 0 aliphatic carbocycles. The van der Waals surface area contributed by atoms with E-state index in [-0.39, 0.29) is 6.10 Å². The molecule has 0 radical (unpaired) electrons. The summed E-state index contributed by atoms with van der Waals surface area (Å²) in [6.07, 6.45) is 4.86. The summed E-state index contributed by atoms with van der Waals surface area (Å²) >= 11 is 0. The number of nitrogens with zero attached hydrogens (tertiary/aromatic N) is 3. The molecular weight excluding hydrogens is 336 g/mol. The molecular formula is C18H26N4O4. The van der Waals surface area contributed by atoms with Crippen molar-refractivity contribution in [1.82, 2.24) is 15.2 Å². The van der Waals surface area contributed by atoms with Crippen LogP contribution in [0.2, 0.25) is 0 Å². The molecule has 0 saturated carbocycles. The molecule has 26 heavy (non-hydrogen) atoms. The van der Waals surface area contributed by atoms with Crippen molar-refractivity contribution in [3.63, 3.8) is 0 Å².